The van der Waals surface area contributed by atoms with Gasteiger partial charge in [0.2, 0.25) is 30.8 Å². The molecule has 0 N–H and O–H groups in total. The Bertz CT molecular complexity index is 1050. The predicted octanol–water partition coefficient (Wildman–Crippen LogP) is 3.25. The van der Waals surface area contributed by atoms with Crippen molar-refractivity contribution in [2.45, 2.75) is 12.2 Å². The Morgan fingerprint density at radius 1 is 0.688 bits per heavy atom. The molecule has 2 saturated heterocycles. The van der Waals surface area contributed by atoms with E-state index in [0.29, 0.717) is 42.0 Å². The SMILES string of the molecule is COc1c2c(c(OC)c(C3OCC4C(c5ccc6c(c5)OCO6)OCC34)c1OC)OCO2. The van der Waals surface area contributed by atoms with Gasteiger partial charge < -0.3 is 42.6 Å². The van der Waals surface area contributed by atoms with E-state index in [1.54, 1.807) is 21.3 Å². The van der Waals surface area contributed by atoms with E-state index in [9.17, 15) is 0 Å². The van der Waals surface area contributed by atoms with Gasteiger partial charge in [0.05, 0.1) is 52.3 Å². The largest absolute Gasteiger partial charge is 0.492 e. The number of fused-ring (bicyclic) bond motifs is 3. The van der Waals surface area contributed by atoms with Gasteiger partial charge in [0.1, 0.15) is 0 Å². The fourth-order valence-corrected chi connectivity index (χ4v) is 5.19. The standard InChI is InChI=1S/C23H24O9/c1-24-19-16(20(25-2)22-23(21(19)26-3)32-10-31-22)18-13-8-27-17(12(13)7-28-18)11-4-5-14-15(6-11)30-9-29-14/h4-6,12-13,17-18H,7-10H2,1-3H3. The minimum absolute atomic E-state index is 0.0849. The third-order valence-corrected chi connectivity index (χ3v) is 6.61. The van der Waals surface area contributed by atoms with E-state index in [4.69, 9.17) is 42.6 Å². The highest BCUT2D eigenvalue weighted by Crippen LogP contribution is 2.61. The van der Waals surface area contributed by atoms with Gasteiger partial charge in [-0.3, -0.25) is 0 Å². The Morgan fingerprint density at radius 3 is 2.06 bits per heavy atom. The molecule has 6 rings (SSSR count). The van der Waals surface area contributed by atoms with Crippen molar-refractivity contribution in [2.24, 2.45) is 11.8 Å². The van der Waals surface area contributed by atoms with Gasteiger partial charge in [-0.1, -0.05) is 6.07 Å². The van der Waals surface area contributed by atoms with Gasteiger partial charge in [-0.05, 0) is 17.7 Å². The molecule has 4 aliphatic heterocycles. The van der Waals surface area contributed by atoms with Gasteiger partial charge in [-0.2, -0.15) is 0 Å². The topological polar surface area (TPSA) is 83.1 Å². The van der Waals surface area contributed by atoms with Crippen molar-refractivity contribution in [1.29, 1.82) is 0 Å². The van der Waals surface area contributed by atoms with Crippen LogP contribution in [0.25, 0.3) is 0 Å². The second kappa shape index (κ2) is 7.53. The molecule has 0 spiro atoms. The van der Waals surface area contributed by atoms with Crippen molar-refractivity contribution < 1.29 is 42.6 Å². The van der Waals surface area contributed by atoms with Gasteiger partial charge in [0.25, 0.3) is 0 Å². The molecule has 0 radical (unpaired) electrons. The van der Waals surface area contributed by atoms with Crippen LogP contribution in [0.3, 0.4) is 0 Å². The maximum atomic E-state index is 6.35. The lowest BCUT2D eigenvalue weighted by atomic mass is 9.84. The molecule has 4 aliphatic rings. The van der Waals surface area contributed by atoms with E-state index in [-0.39, 0.29) is 37.6 Å². The summed E-state index contributed by atoms with van der Waals surface area (Å²) >= 11 is 0. The van der Waals surface area contributed by atoms with Crippen molar-refractivity contribution in [1.82, 2.24) is 0 Å². The summed E-state index contributed by atoms with van der Waals surface area (Å²) < 4.78 is 52.1. The number of methoxy groups -OCH3 is 3. The predicted molar refractivity (Wildman–Crippen MR) is 109 cm³/mol. The number of hydrogen-bond donors (Lipinski definition) is 0. The second-order valence-corrected chi connectivity index (χ2v) is 8.03. The number of rotatable bonds is 5. The smallest absolute Gasteiger partial charge is 0.231 e. The molecular weight excluding hydrogens is 420 g/mol. The first-order valence-electron chi connectivity index (χ1n) is 10.5. The zero-order chi connectivity index (χ0) is 21.8. The van der Waals surface area contributed by atoms with Crippen LogP contribution < -0.4 is 33.2 Å². The van der Waals surface area contributed by atoms with Crippen LogP contribution in [0.5, 0.6) is 40.2 Å². The third kappa shape index (κ3) is 2.70. The van der Waals surface area contributed by atoms with Crippen LogP contribution in [0, 0.1) is 11.8 Å². The van der Waals surface area contributed by atoms with Crippen LogP contribution in [-0.2, 0) is 9.47 Å². The molecule has 0 saturated carbocycles. The van der Waals surface area contributed by atoms with E-state index < -0.39 is 0 Å². The Kier molecular flexibility index (Phi) is 4.62. The van der Waals surface area contributed by atoms with Gasteiger partial charge >= 0.3 is 0 Å². The van der Waals surface area contributed by atoms with E-state index in [0.717, 1.165) is 22.6 Å². The molecule has 32 heavy (non-hydrogen) atoms. The molecule has 0 aromatic heterocycles. The van der Waals surface area contributed by atoms with E-state index in [1.165, 1.54) is 0 Å². The van der Waals surface area contributed by atoms with Gasteiger partial charge in [0.15, 0.2) is 23.0 Å². The highest BCUT2D eigenvalue weighted by molar-refractivity contribution is 5.71. The van der Waals surface area contributed by atoms with Gasteiger partial charge in [-0.15, -0.1) is 0 Å². The summed E-state index contributed by atoms with van der Waals surface area (Å²) in [6, 6.07) is 5.95. The summed E-state index contributed by atoms with van der Waals surface area (Å²) in [7, 11) is 4.76. The lowest BCUT2D eigenvalue weighted by Gasteiger charge is -2.24. The average molecular weight is 444 g/mol. The molecule has 170 valence electrons. The van der Waals surface area contributed by atoms with E-state index >= 15 is 0 Å². The highest BCUT2D eigenvalue weighted by Gasteiger charge is 2.51. The van der Waals surface area contributed by atoms with Crippen molar-refractivity contribution in [3.63, 3.8) is 0 Å². The molecule has 2 aromatic carbocycles. The fraction of sp³-hybridized carbons (Fsp3) is 0.478. The van der Waals surface area contributed by atoms with Gasteiger partial charge in [0, 0.05) is 11.8 Å². The molecule has 4 atom stereocenters. The van der Waals surface area contributed by atoms with Crippen LogP contribution in [0.4, 0.5) is 0 Å². The molecule has 4 unspecified atom stereocenters. The summed E-state index contributed by atoms with van der Waals surface area (Å²) in [6.45, 7) is 1.41. The molecule has 2 fully saturated rings. The lowest BCUT2D eigenvalue weighted by Crippen LogP contribution is -2.16. The zero-order valence-electron chi connectivity index (χ0n) is 18.0. The maximum Gasteiger partial charge on any atom is 0.231 e. The molecule has 0 amide bonds. The Labute approximate surface area is 185 Å². The summed E-state index contributed by atoms with van der Waals surface area (Å²) in [6.07, 6.45) is -0.417. The number of hydrogen-bond acceptors (Lipinski definition) is 9. The van der Waals surface area contributed by atoms with Crippen molar-refractivity contribution in [2.75, 3.05) is 48.1 Å². The second-order valence-electron chi connectivity index (χ2n) is 8.03. The Morgan fingerprint density at radius 2 is 1.31 bits per heavy atom. The van der Waals surface area contributed by atoms with Crippen LogP contribution >= 0.6 is 0 Å². The van der Waals surface area contributed by atoms with Crippen LogP contribution in [-0.4, -0.2) is 48.1 Å². The summed E-state index contributed by atoms with van der Waals surface area (Å²) in [4.78, 5) is 0. The van der Waals surface area contributed by atoms with Crippen molar-refractivity contribution in [3.05, 3.63) is 29.3 Å². The van der Waals surface area contributed by atoms with E-state index in [2.05, 4.69) is 0 Å². The quantitative estimate of drug-likeness (QED) is 0.690. The minimum atomic E-state index is -0.313. The molecule has 0 bridgehead atoms. The molecule has 4 heterocycles. The highest BCUT2D eigenvalue weighted by atomic mass is 16.7. The van der Waals surface area contributed by atoms with E-state index in [1.807, 2.05) is 18.2 Å². The first kappa shape index (κ1) is 19.6. The maximum absolute atomic E-state index is 6.35. The Hall–Kier alpha value is -3.04. The molecule has 9 nitrogen and oxygen atoms in total. The molecule has 2 aromatic rings. The third-order valence-electron chi connectivity index (χ3n) is 6.61. The number of ether oxygens (including phenoxy) is 9. The zero-order valence-corrected chi connectivity index (χ0v) is 18.0. The van der Waals surface area contributed by atoms with Crippen LogP contribution in [0.2, 0.25) is 0 Å². The van der Waals surface area contributed by atoms with Crippen LogP contribution in [0.15, 0.2) is 18.2 Å². The van der Waals surface area contributed by atoms with Crippen molar-refractivity contribution >= 4 is 0 Å². The normalized spacial score (nSPS) is 26.8. The average Bonchev–Trinajstić information content (AvgIpc) is 3.60. The fourth-order valence-electron chi connectivity index (χ4n) is 5.19. The Balaban J connectivity index is 1.38. The summed E-state index contributed by atoms with van der Waals surface area (Å²) in [5, 5.41) is 0. The minimum Gasteiger partial charge on any atom is -0.492 e. The lowest BCUT2D eigenvalue weighted by molar-refractivity contribution is 0.0175. The first-order valence-corrected chi connectivity index (χ1v) is 10.5. The summed E-state index contributed by atoms with van der Waals surface area (Å²) in [5.74, 6) is 4.25. The van der Waals surface area contributed by atoms with Crippen LogP contribution in [0.1, 0.15) is 23.3 Å². The number of benzene rings is 2. The molecule has 9 heteroatoms. The molecule has 0 aliphatic carbocycles. The molecular formula is C23H24O9. The summed E-state index contributed by atoms with van der Waals surface area (Å²) in [5.41, 5.74) is 1.80. The van der Waals surface area contributed by atoms with Gasteiger partial charge in [-0.25, -0.2) is 0 Å². The monoisotopic (exact) mass is 444 g/mol. The first-order chi connectivity index (χ1) is 15.7. The van der Waals surface area contributed by atoms with Crippen molar-refractivity contribution in [3.8, 4) is 40.2 Å².